The van der Waals surface area contributed by atoms with E-state index in [0.717, 1.165) is 12.8 Å². The molecule has 0 unspecified atom stereocenters. The number of hydrogen-bond acceptors (Lipinski definition) is 3. The van der Waals surface area contributed by atoms with Gasteiger partial charge in [0.25, 0.3) is 0 Å². The van der Waals surface area contributed by atoms with Crippen LogP contribution in [0, 0.1) is 0 Å². The van der Waals surface area contributed by atoms with Crippen LogP contribution in [0.15, 0.2) is 42.6 Å². The Morgan fingerprint density at radius 2 is 1.19 bits per heavy atom. The van der Waals surface area contributed by atoms with Crippen molar-refractivity contribution in [3.05, 3.63) is 48.2 Å². The number of benzene rings is 1. The largest absolute Gasteiger partial charge is 0.306 e. The summed E-state index contributed by atoms with van der Waals surface area (Å²) in [6.45, 7) is 2.27. The number of ketones is 1. The maximum absolute atomic E-state index is 11.9. The SMILES string of the molecule is CCCCCCCCCCCCCCCCCC(=O)NNC=CC(=O)c1ccccc1. The predicted octanol–water partition coefficient (Wildman–Crippen LogP) is 7.27. The molecule has 0 saturated carbocycles. The van der Waals surface area contributed by atoms with E-state index < -0.39 is 0 Å². The second-order valence-corrected chi connectivity index (χ2v) is 8.46. The van der Waals surface area contributed by atoms with Crippen LogP contribution in [0.25, 0.3) is 0 Å². The molecule has 1 amide bonds. The van der Waals surface area contributed by atoms with Crippen LogP contribution in [-0.4, -0.2) is 11.7 Å². The third kappa shape index (κ3) is 16.3. The molecule has 0 atom stereocenters. The van der Waals surface area contributed by atoms with Gasteiger partial charge in [-0.15, -0.1) is 0 Å². The topological polar surface area (TPSA) is 58.2 Å². The molecule has 1 rings (SSSR count). The molecule has 0 radical (unpaired) electrons. The van der Waals surface area contributed by atoms with Crippen LogP contribution in [0.4, 0.5) is 0 Å². The van der Waals surface area contributed by atoms with E-state index in [9.17, 15) is 9.59 Å². The quantitative estimate of drug-likeness (QED) is 0.0994. The number of unbranched alkanes of at least 4 members (excludes halogenated alkanes) is 14. The van der Waals surface area contributed by atoms with Gasteiger partial charge >= 0.3 is 0 Å². The zero-order chi connectivity index (χ0) is 22.4. The Labute approximate surface area is 190 Å². The van der Waals surface area contributed by atoms with E-state index >= 15 is 0 Å². The molecule has 2 N–H and O–H groups in total. The normalized spacial score (nSPS) is 11.0. The molecule has 31 heavy (non-hydrogen) atoms. The number of allylic oxidation sites excluding steroid dienone is 1. The van der Waals surface area contributed by atoms with Crippen molar-refractivity contribution in [2.45, 2.75) is 110 Å². The summed E-state index contributed by atoms with van der Waals surface area (Å²) in [4.78, 5) is 23.7. The molecule has 0 bridgehead atoms. The van der Waals surface area contributed by atoms with E-state index in [4.69, 9.17) is 0 Å². The molecule has 0 fully saturated rings. The van der Waals surface area contributed by atoms with E-state index in [1.54, 1.807) is 12.1 Å². The summed E-state index contributed by atoms with van der Waals surface area (Å²) in [5, 5.41) is 0. The van der Waals surface area contributed by atoms with Gasteiger partial charge in [0.2, 0.25) is 5.91 Å². The molecule has 4 heteroatoms. The Morgan fingerprint density at radius 3 is 1.71 bits per heavy atom. The third-order valence-electron chi connectivity index (χ3n) is 5.60. The van der Waals surface area contributed by atoms with Crippen LogP contribution in [0.2, 0.25) is 0 Å². The molecule has 0 heterocycles. The maximum Gasteiger partial charge on any atom is 0.238 e. The van der Waals surface area contributed by atoms with E-state index in [1.807, 2.05) is 18.2 Å². The summed E-state index contributed by atoms with van der Waals surface area (Å²) in [7, 11) is 0. The fraction of sp³-hybridized carbons (Fsp3) is 0.630. The van der Waals surface area contributed by atoms with Crippen molar-refractivity contribution in [1.29, 1.82) is 0 Å². The maximum atomic E-state index is 11.9. The van der Waals surface area contributed by atoms with Gasteiger partial charge in [0.05, 0.1) is 0 Å². The molecule has 0 aliphatic heterocycles. The molecule has 1 aromatic rings. The Kier molecular flexibility index (Phi) is 17.2. The van der Waals surface area contributed by atoms with Crippen molar-refractivity contribution >= 4 is 11.7 Å². The predicted molar refractivity (Wildman–Crippen MR) is 131 cm³/mol. The molecule has 0 aliphatic carbocycles. The van der Waals surface area contributed by atoms with Gasteiger partial charge in [-0.1, -0.05) is 127 Å². The van der Waals surface area contributed by atoms with Crippen LogP contribution in [-0.2, 0) is 4.79 Å². The number of carbonyl (C=O) groups is 2. The average molecular weight is 429 g/mol. The first-order valence-electron chi connectivity index (χ1n) is 12.5. The first kappa shape index (κ1) is 26.9. The summed E-state index contributed by atoms with van der Waals surface area (Å²) < 4.78 is 0. The van der Waals surface area contributed by atoms with Crippen LogP contribution >= 0.6 is 0 Å². The summed E-state index contributed by atoms with van der Waals surface area (Å²) in [5.74, 6) is -0.128. The second-order valence-electron chi connectivity index (χ2n) is 8.46. The van der Waals surface area contributed by atoms with Gasteiger partial charge in [-0.05, 0) is 6.42 Å². The van der Waals surface area contributed by atoms with Gasteiger partial charge in [0, 0.05) is 24.3 Å². The van der Waals surface area contributed by atoms with E-state index in [1.165, 1.54) is 95.7 Å². The lowest BCUT2D eigenvalue weighted by molar-refractivity contribution is -0.121. The minimum absolute atomic E-state index is 0.0356. The average Bonchev–Trinajstić information content (AvgIpc) is 2.79. The molecule has 0 spiro atoms. The molecule has 0 aromatic heterocycles. The zero-order valence-electron chi connectivity index (χ0n) is 19.7. The summed E-state index contributed by atoms with van der Waals surface area (Å²) >= 11 is 0. The number of hydrogen-bond donors (Lipinski definition) is 2. The Morgan fingerprint density at radius 1 is 0.710 bits per heavy atom. The highest BCUT2D eigenvalue weighted by molar-refractivity contribution is 6.04. The molecular weight excluding hydrogens is 384 g/mol. The van der Waals surface area contributed by atoms with E-state index in [2.05, 4.69) is 17.8 Å². The van der Waals surface area contributed by atoms with Crippen molar-refractivity contribution < 1.29 is 9.59 Å². The number of nitrogens with one attached hydrogen (secondary N) is 2. The van der Waals surface area contributed by atoms with Crippen LogP contribution in [0.1, 0.15) is 120 Å². The van der Waals surface area contributed by atoms with Gasteiger partial charge < -0.3 is 5.43 Å². The highest BCUT2D eigenvalue weighted by Gasteiger charge is 2.01. The summed E-state index contributed by atoms with van der Waals surface area (Å²) in [6, 6.07) is 9.06. The molecular formula is C27H44N2O2. The monoisotopic (exact) mass is 428 g/mol. The Hall–Kier alpha value is -2.10. The molecule has 4 nitrogen and oxygen atoms in total. The van der Waals surface area contributed by atoms with Gasteiger partial charge in [-0.25, -0.2) is 0 Å². The fourth-order valence-corrected chi connectivity index (χ4v) is 3.66. The van der Waals surface area contributed by atoms with Gasteiger partial charge in [-0.3, -0.25) is 15.0 Å². The van der Waals surface area contributed by atoms with Gasteiger partial charge in [-0.2, -0.15) is 0 Å². The molecule has 0 aliphatic rings. The van der Waals surface area contributed by atoms with Gasteiger partial charge in [0.1, 0.15) is 0 Å². The summed E-state index contributed by atoms with van der Waals surface area (Å²) in [6.07, 6.45) is 23.2. The van der Waals surface area contributed by atoms with Crippen molar-refractivity contribution in [3.8, 4) is 0 Å². The molecule has 0 saturated heterocycles. The number of hydrazine groups is 1. The minimum atomic E-state index is -0.0928. The minimum Gasteiger partial charge on any atom is -0.306 e. The van der Waals surface area contributed by atoms with Crippen molar-refractivity contribution in [2.75, 3.05) is 0 Å². The van der Waals surface area contributed by atoms with Crippen LogP contribution < -0.4 is 10.9 Å². The fourth-order valence-electron chi connectivity index (χ4n) is 3.66. The lowest BCUT2D eigenvalue weighted by atomic mass is 10.0. The Bertz CT molecular complexity index is 599. The van der Waals surface area contributed by atoms with E-state index in [0.29, 0.717) is 12.0 Å². The number of carbonyl (C=O) groups excluding carboxylic acids is 2. The highest BCUT2D eigenvalue weighted by atomic mass is 16.2. The zero-order valence-corrected chi connectivity index (χ0v) is 19.7. The first-order valence-corrected chi connectivity index (χ1v) is 12.5. The third-order valence-corrected chi connectivity index (χ3v) is 5.60. The molecule has 174 valence electrons. The number of amides is 1. The Balaban J connectivity index is 1.84. The van der Waals surface area contributed by atoms with Crippen molar-refractivity contribution in [2.24, 2.45) is 0 Å². The first-order chi connectivity index (χ1) is 15.2. The van der Waals surface area contributed by atoms with E-state index in [-0.39, 0.29) is 11.7 Å². The van der Waals surface area contributed by atoms with Crippen LogP contribution in [0.5, 0.6) is 0 Å². The van der Waals surface area contributed by atoms with Crippen molar-refractivity contribution in [3.63, 3.8) is 0 Å². The smallest absolute Gasteiger partial charge is 0.238 e. The lowest BCUT2D eigenvalue weighted by Gasteiger charge is -2.05. The van der Waals surface area contributed by atoms with Gasteiger partial charge in [0.15, 0.2) is 5.78 Å². The van der Waals surface area contributed by atoms with Crippen molar-refractivity contribution in [1.82, 2.24) is 10.9 Å². The summed E-state index contributed by atoms with van der Waals surface area (Å²) in [5.41, 5.74) is 5.93. The standard InChI is InChI=1S/C27H44N2O2/c1-2-3-4-5-6-7-8-9-10-11-12-13-14-15-19-22-27(31)29-28-24-23-26(30)25-20-17-16-18-21-25/h16-18,20-21,23-24,28H,2-15,19,22H2,1H3,(H,29,31). The lowest BCUT2D eigenvalue weighted by Crippen LogP contribution is -2.33. The van der Waals surface area contributed by atoms with Crippen LogP contribution in [0.3, 0.4) is 0 Å². The molecule has 1 aromatic carbocycles. The highest BCUT2D eigenvalue weighted by Crippen LogP contribution is 2.13. The number of rotatable bonds is 20. The second kappa shape index (κ2) is 19.8.